The molecule has 1 aliphatic carbocycles. The molecule has 1 aromatic carbocycles. The monoisotopic (exact) mass is 317 g/mol. The summed E-state index contributed by atoms with van der Waals surface area (Å²) >= 11 is 0. The summed E-state index contributed by atoms with van der Waals surface area (Å²) in [5.41, 5.74) is 3.63. The van der Waals surface area contributed by atoms with E-state index in [-0.39, 0.29) is 23.0 Å². The van der Waals surface area contributed by atoms with E-state index in [2.05, 4.69) is 9.97 Å². The molecular weight excluding hydrogens is 302 g/mol. The van der Waals surface area contributed by atoms with Crippen LogP contribution in [0.4, 0.5) is 5.69 Å². The molecular formula is C19H15N3O2. The number of nitrogens with zero attached hydrogens (tertiary/aromatic N) is 3. The largest absolute Gasteiger partial charge is 0.378 e. The van der Waals surface area contributed by atoms with Crippen LogP contribution in [0.1, 0.15) is 37.7 Å². The lowest BCUT2D eigenvalue weighted by Gasteiger charge is -2.20. The van der Waals surface area contributed by atoms with Gasteiger partial charge in [-0.2, -0.15) is 0 Å². The average Bonchev–Trinajstić information content (AvgIpc) is 2.59. The van der Waals surface area contributed by atoms with E-state index in [1.54, 1.807) is 12.1 Å². The highest BCUT2D eigenvalue weighted by molar-refractivity contribution is 6.28. The number of fused-ring (bicyclic) bond motifs is 3. The second-order valence-electron chi connectivity index (χ2n) is 6.11. The highest BCUT2D eigenvalue weighted by Gasteiger charge is 2.34. The highest BCUT2D eigenvalue weighted by Crippen LogP contribution is 2.32. The minimum atomic E-state index is -0.241. The Morgan fingerprint density at radius 2 is 1.79 bits per heavy atom. The summed E-state index contributed by atoms with van der Waals surface area (Å²) in [6, 6.07) is 9.11. The summed E-state index contributed by atoms with van der Waals surface area (Å²) in [6.07, 6.45) is 1.53. The first-order valence-corrected chi connectivity index (χ1v) is 7.65. The Morgan fingerprint density at radius 3 is 2.54 bits per heavy atom. The Kier molecular flexibility index (Phi) is 3.00. The molecule has 5 nitrogen and oxygen atoms in total. The SMILES string of the molecule is Cc1c2c(nc3ccc(N(C)C)cc13)C(=O)c1cccnc1C2=O. The topological polar surface area (TPSA) is 63.2 Å². The molecule has 0 radical (unpaired) electrons. The number of carbonyl (C=O) groups is 2. The van der Waals surface area contributed by atoms with Crippen LogP contribution in [-0.4, -0.2) is 35.6 Å². The van der Waals surface area contributed by atoms with Crippen LogP contribution >= 0.6 is 0 Å². The van der Waals surface area contributed by atoms with E-state index in [0.29, 0.717) is 16.6 Å². The fourth-order valence-corrected chi connectivity index (χ4v) is 3.15. The van der Waals surface area contributed by atoms with Crippen LogP contribution in [0.25, 0.3) is 10.9 Å². The number of hydrogen-bond acceptors (Lipinski definition) is 5. The molecule has 0 bridgehead atoms. The minimum Gasteiger partial charge on any atom is -0.378 e. The van der Waals surface area contributed by atoms with Gasteiger partial charge in [0.1, 0.15) is 11.4 Å². The summed E-state index contributed by atoms with van der Waals surface area (Å²) in [5.74, 6) is -0.475. The molecule has 0 spiro atoms. The van der Waals surface area contributed by atoms with Crippen LogP contribution in [0, 0.1) is 6.92 Å². The number of ketones is 2. The van der Waals surface area contributed by atoms with Crippen LogP contribution in [-0.2, 0) is 0 Å². The first-order valence-electron chi connectivity index (χ1n) is 7.65. The molecule has 1 aliphatic rings. The second kappa shape index (κ2) is 4.96. The third-order valence-electron chi connectivity index (χ3n) is 4.45. The van der Waals surface area contributed by atoms with Crippen molar-refractivity contribution in [3.8, 4) is 0 Å². The van der Waals surface area contributed by atoms with Crippen molar-refractivity contribution >= 4 is 28.2 Å². The van der Waals surface area contributed by atoms with Gasteiger partial charge in [-0.15, -0.1) is 0 Å². The molecule has 3 aromatic rings. The fraction of sp³-hybridized carbons (Fsp3) is 0.158. The Hall–Kier alpha value is -3.08. The third kappa shape index (κ3) is 1.88. The molecule has 0 saturated carbocycles. The molecule has 0 aliphatic heterocycles. The number of pyridine rings is 2. The van der Waals surface area contributed by atoms with E-state index in [9.17, 15) is 9.59 Å². The van der Waals surface area contributed by atoms with Gasteiger partial charge in [0.05, 0.1) is 16.6 Å². The van der Waals surface area contributed by atoms with Crippen molar-refractivity contribution in [1.82, 2.24) is 9.97 Å². The Morgan fingerprint density at radius 1 is 1.00 bits per heavy atom. The van der Waals surface area contributed by atoms with E-state index in [4.69, 9.17) is 0 Å². The third-order valence-corrected chi connectivity index (χ3v) is 4.45. The molecule has 0 fully saturated rings. The van der Waals surface area contributed by atoms with Gasteiger partial charge in [-0.1, -0.05) is 0 Å². The molecule has 118 valence electrons. The molecule has 5 heteroatoms. The van der Waals surface area contributed by atoms with E-state index >= 15 is 0 Å². The maximum absolute atomic E-state index is 12.9. The number of aromatic nitrogens is 2. The van der Waals surface area contributed by atoms with E-state index in [0.717, 1.165) is 16.6 Å². The number of benzene rings is 1. The van der Waals surface area contributed by atoms with Crippen molar-refractivity contribution in [3.63, 3.8) is 0 Å². The number of carbonyl (C=O) groups excluding carboxylic acids is 2. The maximum atomic E-state index is 12.9. The first kappa shape index (κ1) is 14.5. The molecule has 2 aromatic heterocycles. The number of aryl methyl sites for hydroxylation is 1. The van der Waals surface area contributed by atoms with Gasteiger partial charge in [-0.05, 0) is 42.8 Å². The molecule has 4 rings (SSSR count). The zero-order chi connectivity index (χ0) is 17.0. The van der Waals surface area contributed by atoms with Gasteiger partial charge in [-0.3, -0.25) is 14.6 Å². The van der Waals surface area contributed by atoms with Crippen LogP contribution < -0.4 is 4.90 Å². The lowest BCUT2D eigenvalue weighted by Crippen LogP contribution is -2.24. The summed E-state index contributed by atoms with van der Waals surface area (Å²) in [7, 11) is 3.91. The fourth-order valence-electron chi connectivity index (χ4n) is 3.15. The van der Waals surface area contributed by atoms with Crippen molar-refractivity contribution < 1.29 is 9.59 Å². The van der Waals surface area contributed by atoms with Crippen molar-refractivity contribution in [2.24, 2.45) is 0 Å². The van der Waals surface area contributed by atoms with Gasteiger partial charge in [0.2, 0.25) is 11.6 Å². The predicted octanol–water partition coefficient (Wildman–Crippen LogP) is 2.78. The normalized spacial score (nSPS) is 13.0. The quantitative estimate of drug-likeness (QED) is 0.540. The Bertz CT molecular complexity index is 1040. The summed E-state index contributed by atoms with van der Waals surface area (Å²) in [5, 5.41) is 0.875. The lowest BCUT2D eigenvalue weighted by molar-refractivity contribution is 0.0971. The molecule has 0 saturated heterocycles. The zero-order valence-electron chi connectivity index (χ0n) is 13.6. The minimum absolute atomic E-state index is 0.211. The Labute approximate surface area is 139 Å². The van der Waals surface area contributed by atoms with Crippen molar-refractivity contribution in [3.05, 3.63) is 64.6 Å². The molecule has 0 unspecified atom stereocenters. The average molecular weight is 317 g/mol. The van der Waals surface area contributed by atoms with Crippen molar-refractivity contribution in [2.75, 3.05) is 19.0 Å². The lowest BCUT2D eigenvalue weighted by atomic mass is 9.86. The van der Waals surface area contributed by atoms with Crippen molar-refractivity contribution in [1.29, 1.82) is 0 Å². The van der Waals surface area contributed by atoms with Gasteiger partial charge in [0.15, 0.2) is 0 Å². The standard InChI is InChI=1S/C19H15N3O2/c1-10-13-9-11(22(2)3)6-7-14(13)21-17-15(10)19(24)16-12(18(17)23)5-4-8-20-16/h4-9H,1-3H3. The first-order chi connectivity index (χ1) is 11.5. The molecule has 0 amide bonds. The summed E-state index contributed by atoms with van der Waals surface area (Å²) in [6.45, 7) is 1.86. The molecule has 0 N–H and O–H groups in total. The Balaban J connectivity index is 2.06. The molecule has 0 atom stereocenters. The smallest absolute Gasteiger partial charge is 0.214 e. The van der Waals surface area contributed by atoms with Crippen molar-refractivity contribution in [2.45, 2.75) is 6.92 Å². The van der Waals surface area contributed by atoms with E-state index in [1.807, 2.05) is 44.1 Å². The summed E-state index contributed by atoms with van der Waals surface area (Å²) < 4.78 is 0. The van der Waals surface area contributed by atoms with Gasteiger partial charge < -0.3 is 4.90 Å². The van der Waals surface area contributed by atoms with Crippen LogP contribution in [0.5, 0.6) is 0 Å². The molecule has 2 heterocycles. The predicted molar refractivity (Wildman–Crippen MR) is 91.9 cm³/mol. The second-order valence-corrected chi connectivity index (χ2v) is 6.11. The summed E-state index contributed by atoms with van der Waals surface area (Å²) in [4.78, 5) is 36.2. The molecule has 24 heavy (non-hydrogen) atoms. The highest BCUT2D eigenvalue weighted by atomic mass is 16.1. The maximum Gasteiger partial charge on any atom is 0.214 e. The van der Waals surface area contributed by atoms with Crippen LogP contribution in [0.2, 0.25) is 0 Å². The zero-order valence-corrected chi connectivity index (χ0v) is 13.6. The van der Waals surface area contributed by atoms with Crippen LogP contribution in [0.15, 0.2) is 36.5 Å². The number of anilines is 1. The van der Waals surface area contributed by atoms with Gasteiger partial charge in [0.25, 0.3) is 0 Å². The van der Waals surface area contributed by atoms with Gasteiger partial charge in [-0.25, -0.2) is 4.98 Å². The van der Waals surface area contributed by atoms with E-state index in [1.165, 1.54) is 6.20 Å². The number of rotatable bonds is 1. The van der Waals surface area contributed by atoms with Gasteiger partial charge in [0, 0.05) is 31.4 Å². The van der Waals surface area contributed by atoms with E-state index < -0.39 is 0 Å². The van der Waals surface area contributed by atoms with Crippen LogP contribution in [0.3, 0.4) is 0 Å². The number of hydrogen-bond donors (Lipinski definition) is 0. The van der Waals surface area contributed by atoms with Gasteiger partial charge >= 0.3 is 0 Å².